The summed E-state index contributed by atoms with van der Waals surface area (Å²) in [6.45, 7) is 1.18. The Bertz CT molecular complexity index is 1320. The molecule has 35 heavy (non-hydrogen) atoms. The zero-order valence-corrected chi connectivity index (χ0v) is 19.6. The first-order chi connectivity index (χ1) is 16.5. The summed E-state index contributed by atoms with van der Waals surface area (Å²) in [6, 6.07) is 16.7. The molecule has 3 aromatic carbocycles. The predicted molar refractivity (Wildman–Crippen MR) is 126 cm³/mol. The van der Waals surface area contributed by atoms with Crippen molar-refractivity contribution < 1.29 is 31.1 Å². The number of halogens is 3. The topological polar surface area (TPSA) is 88.1 Å². The first kappa shape index (κ1) is 25.8. The van der Waals surface area contributed by atoms with Gasteiger partial charge in [-0.05, 0) is 48.9 Å². The summed E-state index contributed by atoms with van der Waals surface area (Å²) in [4.78, 5) is 12.6. The number of anilines is 1. The van der Waals surface area contributed by atoms with Gasteiger partial charge in [-0.25, -0.2) is 13.8 Å². The van der Waals surface area contributed by atoms with Crippen LogP contribution in [0.15, 0.2) is 82.8 Å². The molecule has 0 unspecified atom stereocenters. The number of nitrogens with zero attached hydrogens (tertiary/aromatic N) is 2. The van der Waals surface area contributed by atoms with Crippen molar-refractivity contribution in [1.29, 1.82) is 0 Å². The van der Waals surface area contributed by atoms with Gasteiger partial charge in [-0.15, -0.1) is 0 Å². The van der Waals surface area contributed by atoms with Crippen molar-refractivity contribution in [1.82, 2.24) is 5.43 Å². The van der Waals surface area contributed by atoms with Crippen LogP contribution in [0.25, 0.3) is 0 Å². The molecule has 3 aromatic rings. The number of aryl methyl sites for hydroxylation is 1. The maximum atomic E-state index is 13.4. The second-order valence-corrected chi connectivity index (χ2v) is 9.30. The Balaban J connectivity index is 1.84. The van der Waals surface area contributed by atoms with E-state index in [9.17, 15) is 26.4 Å². The van der Waals surface area contributed by atoms with E-state index in [2.05, 4.69) is 10.5 Å². The average Bonchev–Trinajstić information content (AvgIpc) is 2.82. The van der Waals surface area contributed by atoms with Gasteiger partial charge in [-0.2, -0.15) is 18.3 Å². The monoisotopic (exact) mass is 505 g/mol. The van der Waals surface area contributed by atoms with Crippen LogP contribution in [0.2, 0.25) is 0 Å². The van der Waals surface area contributed by atoms with Crippen LogP contribution in [0.1, 0.15) is 16.7 Å². The van der Waals surface area contributed by atoms with E-state index in [-0.39, 0.29) is 16.1 Å². The molecular weight excluding hydrogens is 483 g/mol. The van der Waals surface area contributed by atoms with E-state index in [0.29, 0.717) is 5.75 Å². The number of hydrogen-bond acceptors (Lipinski definition) is 5. The van der Waals surface area contributed by atoms with Crippen LogP contribution in [0.5, 0.6) is 5.75 Å². The summed E-state index contributed by atoms with van der Waals surface area (Å²) in [5, 5.41) is 3.67. The van der Waals surface area contributed by atoms with Crippen molar-refractivity contribution in [2.24, 2.45) is 5.10 Å². The van der Waals surface area contributed by atoms with Crippen LogP contribution in [0.3, 0.4) is 0 Å². The van der Waals surface area contributed by atoms with Gasteiger partial charge in [0.15, 0.2) is 0 Å². The van der Waals surface area contributed by atoms with Gasteiger partial charge < -0.3 is 4.74 Å². The Morgan fingerprint density at radius 2 is 1.74 bits per heavy atom. The number of hydrazone groups is 1. The first-order valence-corrected chi connectivity index (χ1v) is 11.7. The number of benzene rings is 3. The summed E-state index contributed by atoms with van der Waals surface area (Å²) >= 11 is 0. The number of carbonyl (C=O) groups excluding carboxylic acids is 1. The number of alkyl halides is 3. The minimum atomic E-state index is -4.52. The molecule has 1 amide bonds. The standard InChI is InChI=1S/C24H22F3N3O4S/c1-17-9-11-22(12-10-17)35(32,33)30(20-7-4-8-21(14-20)34-2)16-23(31)29-28-15-18-5-3-6-19(13-18)24(25,26)27/h3-15H,16H2,1-2H3,(H,29,31)/b28-15-. The van der Waals surface area contributed by atoms with Gasteiger partial charge in [0.25, 0.3) is 15.9 Å². The fraction of sp³-hybridized carbons (Fsp3) is 0.167. The number of nitrogens with one attached hydrogen (secondary N) is 1. The van der Waals surface area contributed by atoms with Crippen molar-refractivity contribution in [2.45, 2.75) is 18.0 Å². The van der Waals surface area contributed by atoms with Gasteiger partial charge in [-0.1, -0.05) is 35.9 Å². The maximum Gasteiger partial charge on any atom is 0.416 e. The molecule has 0 aliphatic rings. The predicted octanol–water partition coefficient (Wildman–Crippen LogP) is 4.37. The summed E-state index contributed by atoms with van der Waals surface area (Å²) in [7, 11) is -2.73. The Hall–Kier alpha value is -3.86. The second-order valence-electron chi connectivity index (χ2n) is 7.44. The SMILES string of the molecule is COc1cccc(N(CC(=O)N/N=C\c2cccc(C(F)(F)F)c2)S(=O)(=O)c2ccc(C)cc2)c1. The Labute approximate surface area is 200 Å². The number of hydrogen-bond donors (Lipinski definition) is 1. The quantitative estimate of drug-likeness (QED) is 0.364. The fourth-order valence-corrected chi connectivity index (χ4v) is 4.47. The fourth-order valence-electron chi connectivity index (χ4n) is 3.06. The molecule has 0 saturated carbocycles. The van der Waals surface area contributed by atoms with Crippen LogP contribution >= 0.6 is 0 Å². The van der Waals surface area contributed by atoms with E-state index in [0.717, 1.165) is 28.2 Å². The van der Waals surface area contributed by atoms with Gasteiger partial charge in [0.05, 0.1) is 29.5 Å². The van der Waals surface area contributed by atoms with Crippen LogP contribution in [-0.4, -0.2) is 34.2 Å². The molecule has 0 aliphatic heterocycles. The number of sulfonamides is 1. The molecule has 7 nitrogen and oxygen atoms in total. The molecule has 0 saturated heterocycles. The van der Waals surface area contributed by atoms with E-state index < -0.39 is 34.2 Å². The highest BCUT2D eigenvalue weighted by Gasteiger charge is 2.30. The number of methoxy groups -OCH3 is 1. The average molecular weight is 506 g/mol. The van der Waals surface area contributed by atoms with E-state index in [4.69, 9.17) is 4.74 Å². The Morgan fingerprint density at radius 1 is 1.06 bits per heavy atom. The van der Waals surface area contributed by atoms with Crippen LogP contribution in [-0.2, 0) is 21.0 Å². The van der Waals surface area contributed by atoms with E-state index >= 15 is 0 Å². The maximum absolute atomic E-state index is 13.4. The molecule has 184 valence electrons. The van der Waals surface area contributed by atoms with Crippen LogP contribution < -0.4 is 14.5 Å². The van der Waals surface area contributed by atoms with Crippen molar-refractivity contribution in [2.75, 3.05) is 18.0 Å². The van der Waals surface area contributed by atoms with Crippen molar-refractivity contribution in [3.8, 4) is 5.75 Å². The zero-order chi connectivity index (χ0) is 25.6. The molecule has 0 aromatic heterocycles. The zero-order valence-electron chi connectivity index (χ0n) is 18.8. The lowest BCUT2D eigenvalue weighted by Crippen LogP contribution is -2.39. The minimum absolute atomic E-state index is 0.0220. The molecule has 0 bridgehead atoms. The van der Waals surface area contributed by atoms with Crippen molar-refractivity contribution in [3.05, 3.63) is 89.5 Å². The lowest BCUT2D eigenvalue weighted by Gasteiger charge is -2.24. The minimum Gasteiger partial charge on any atom is -0.497 e. The van der Waals surface area contributed by atoms with E-state index in [1.807, 2.05) is 6.92 Å². The molecule has 11 heteroatoms. The highest BCUT2D eigenvalue weighted by Crippen LogP contribution is 2.29. The van der Waals surface area contributed by atoms with Gasteiger partial charge >= 0.3 is 6.18 Å². The summed E-state index contributed by atoms with van der Waals surface area (Å²) in [5.41, 5.74) is 2.45. The molecule has 0 fully saturated rings. The molecule has 3 rings (SSSR count). The van der Waals surface area contributed by atoms with Gasteiger partial charge in [0, 0.05) is 6.07 Å². The Morgan fingerprint density at radius 3 is 2.40 bits per heavy atom. The third-order valence-corrected chi connectivity index (χ3v) is 6.64. The van der Waals surface area contributed by atoms with Gasteiger partial charge in [-0.3, -0.25) is 9.10 Å². The molecule has 0 spiro atoms. The molecule has 0 heterocycles. The van der Waals surface area contributed by atoms with Crippen LogP contribution in [0, 0.1) is 6.92 Å². The summed E-state index contributed by atoms with van der Waals surface area (Å²) in [6.07, 6.45) is -3.48. The van der Waals surface area contributed by atoms with Crippen LogP contribution in [0.4, 0.5) is 18.9 Å². The third kappa shape index (κ3) is 6.60. The number of ether oxygens (including phenoxy) is 1. The van der Waals surface area contributed by atoms with E-state index in [1.54, 1.807) is 24.3 Å². The number of amides is 1. The van der Waals surface area contributed by atoms with Crippen molar-refractivity contribution >= 4 is 27.8 Å². The molecular formula is C24H22F3N3O4S. The normalized spacial score (nSPS) is 11.9. The molecule has 0 atom stereocenters. The van der Waals surface area contributed by atoms with Gasteiger partial charge in [0.1, 0.15) is 12.3 Å². The Kier molecular flexibility index (Phi) is 7.80. The lowest BCUT2D eigenvalue weighted by molar-refractivity contribution is -0.137. The lowest BCUT2D eigenvalue weighted by atomic mass is 10.1. The molecule has 1 N–H and O–H groups in total. The molecule has 0 aliphatic carbocycles. The van der Waals surface area contributed by atoms with Crippen molar-refractivity contribution in [3.63, 3.8) is 0 Å². The third-order valence-electron chi connectivity index (χ3n) is 4.85. The second kappa shape index (κ2) is 10.6. The van der Waals surface area contributed by atoms with E-state index in [1.165, 1.54) is 43.5 Å². The van der Waals surface area contributed by atoms with Gasteiger partial charge in [0.2, 0.25) is 0 Å². The summed E-state index contributed by atoms with van der Waals surface area (Å²) < 4.78 is 71.4. The summed E-state index contributed by atoms with van der Waals surface area (Å²) in [5.74, 6) is -0.415. The largest absolute Gasteiger partial charge is 0.497 e. The number of rotatable bonds is 8. The smallest absolute Gasteiger partial charge is 0.416 e. The number of carbonyl (C=O) groups is 1. The first-order valence-electron chi connectivity index (χ1n) is 10.2. The highest BCUT2D eigenvalue weighted by atomic mass is 32.2. The molecule has 0 radical (unpaired) electrons. The highest BCUT2D eigenvalue weighted by molar-refractivity contribution is 7.92.